The summed E-state index contributed by atoms with van der Waals surface area (Å²) in [6.07, 6.45) is -0.411. The SMILES string of the molecule is [C-]#[N+]c1ccc(NC[C@@H](O)CNC)cc1C. The highest BCUT2D eigenvalue weighted by Gasteiger charge is 2.03. The lowest BCUT2D eigenvalue weighted by atomic mass is 10.2. The maximum Gasteiger partial charge on any atom is 0.190 e. The molecule has 0 aliphatic carbocycles. The van der Waals surface area contributed by atoms with Crippen molar-refractivity contribution < 1.29 is 5.11 Å². The summed E-state index contributed by atoms with van der Waals surface area (Å²) in [4.78, 5) is 3.40. The van der Waals surface area contributed by atoms with Crippen LogP contribution in [0.4, 0.5) is 11.4 Å². The minimum absolute atomic E-state index is 0.411. The van der Waals surface area contributed by atoms with Gasteiger partial charge in [0.05, 0.1) is 12.7 Å². The molecule has 0 amide bonds. The molecule has 0 radical (unpaired) electrons. The lowest BCUT2D eigenvalue weighted by Gasteiger charge is -2.12. The molecule has 3 N–H and O–H groups in total. The van der Waals surface area contributed by atoms with Crippen LogP contribution < -0.4 is 10.6 Å². The fourth-order valence-electron chi connectivity index (χ4n) is 1.43. The zero-order valence-electron chi connectivity index (χ0n) is 9.62. The first-order chi connectivity index (χ1) is 7.67. The highest BCUT2D eigenvalue weighted by molar-refractivity contribution is 5.59. The van der Waals surface area contributed by atoms with E-state index in [9.17, 15) is 5.11 Å². The lowest BCUT2D eigenvalue weighted by molar-refractivity contribution is 0.187. The van der Waals surface area contributed by atoms with E-state index in [1.165, 1.54) is 0 Å². The number of hydrogen-bond acceptors (Lipinski definition) is 3. The van der Waals surface area contributed by atoms with Gasteiger partial charge in [-0.3, -0.25) is 0 Å². The van der Waals surface area contributed by atoms with Crippen LogP contribution in [0.5, 0.6) is 0 Å². The summed E-state index contributed by atoms with van der Waals surface area (Å²) in [5, 5.41) is 15.5. The van der Waals surface area contributed by atoms with Gasteiger partial charge in [-0.1, -0.05) is 6.07 Å². The first kappa shape index (κ1) is 12.5. The van der Waals surface area contributed by atoms with Gasteiger partial charge in [0.15, 0.2) is 5.69 Å². The summed E-state index contributed by atoms with van der Waals surface area (Å²) in [6.45, 7) is 9.90. The molecule has 1 atom stereocenters. The number of likely N-dealkylation sites (N-methyl/N-ethyl adjacent to an activating group) is 1. The first-order valence-corrected chi connectivity index (χ1v) is 5.22. The van der Waals surface area contributed by atoms with Crippen molar-refractivity contribution in [3.63, 3.8) is 0 Å². The third-order valence-corrected chi connectivity index (χ3v) is 2.30. The highest BCUT2D eigenvalue weighted by atomic mass is 16.3. The van der Waals surface area contributed by atoms with Crippen LogP contribution in [0.2, 0.25) is 0 Å². The summed E-state index contributed by atoms with van der Waals surface area (Å²) < 4.78 is 0. The molecule has 4 nitrogen and oxygen atoms in total. The van der Waals surface area contributed by atoms with Gasteiger partial charge in [-0.2, -0.15) is 0 Å². The smallest absolute Gasteiger partial charge is 0.190 e. The van der Waals surface area contributed by atoms with E-state index in [1.54, 1.807) is 13.1 Å². The van der Waals surface area contributed by atoms with Crippen molar-refractivity contribution in [3.8, 4) is 0 Å². The van der Waals surface area contributed by atoms with Crippen molar-refractivity contribution in [3.05, 3.63) is 35.2 Å². The van der Waals surface area contributed by atoms with E-state index in [1.807, 2.05) is 19.1 Å². The van der Waals surface area contributed by atoms with Crippen molar-refractivity contribution in [2.24, 2.45) is 0 Å². The molecule has 0 aliphatic heterocycles. The van der Waals surface area contributed by atoms with Crippen LogP contribution in [0.25, 0.3) is 4.85 Å². The average Bonchev–Trinajstić information content (AvgIpc) is 2.27. The molecular weight excluding hydrogens is 202 g/mol. The maximum absolute atomic E-state index is 9.51. The number of rotatable bonds is 5. The molecule has 4 heteroatoms. The largest absolute Gasteiger partial charge is 0.390 e. The summed E-state index contributed by atoms with van der Waals surface area (Å²) >= 11 is 0. The van der Waals surface area contributed by atoms with Crippen molar-refractivity contribution in [1.82, 2.24) is 5.32 Å². The molecule has 0 fully saturated rings. The molecule has 0 spiro atoms. The van der Waals surface area contributed by atoms with Crippen LogP contribution in [0.15, 0.2) is 18.2 Å². The van der Waals surface area contributed by atoms with E-state index >= 15 is 0 Å². The van der Waals surface area contributed by atoms with Crippen molar-refractivity contribution >= 4 is 11.4 Å². The molecular formula is C12H17N3O. The van der Waals surface area contributed by atoms with Crippen LogP contribution in [-0.2, 0) is 0 Å². The van der Waals surface area contributed by atoms with E-state index in [0.29, 0.717) is 18.8 Å². The monoisotopic (exact) mass is 219 g/mol. The molecule has 16 heavy (non-hydrogen) atoms. The van der Waals surface area contributed by atoms with Gasteiger partial charge < -0.3 is 15.7 Å². The molecule has 0 aromatic heterocycles. The van der Waals surface area contributed by atoms with Crippen LogP contribution in [0.1, 0.15) is 5.56 Å². The summed E-state index contributed by atoms with van der Waals surface area (Å²) in [5.41, 5.74) is 2.55. The van der Waals surface area contributed by atoms with Crippen LogP contribution in [0, 0.1) is 13.5 Å². The minimum Gasteiger partial charge on any atom is -0.390 e. The molecule has 0 saturated carbocycles. The fourth-order valence-corrected chi connectivity index (χ4v) is 1.43. The van der Waals surface area contributed by atoms with Crippen molar-refractivity contribution in [1.29, 1.82) is 0 Å². The predicted octanol–water partition coefficient (Wildman–Crippen LogP) is 1.54. The molecule has 0 heterocycles. The second-order valence-electron chi connectivity index (χ2n) is 3.71. The summed E-state index contributed by atoms with van der Waals surface area (Å²) in [6, 6.07) is 5.56. The number of benzene rings is 1. The van der Waals surface area contributed by atoms with Gasteiger partial charge in [-0.05, 0) is 31.7 Å². The Balaban J connectivity index is 2.56. The van der Waals surface area contributed by atoms with Gasteiger partial charge in [0.25, 0.3) is 0 Å². The Bertz CT molecular complexity index is 384. The van der Waals surface area contributed by atoms with Gasteiger partial charge in [0.2, 0.25) is 0 Å². The Labute approximate surface area is 96.1 Å². The molecule has 1 rings (SSSR count). The topological polar surface area (TPSA) is 48.7 Å². The molecule has 86 valence electrons. The third kappa shape index (κ3) is 3.54. The van der Waals surface area contributed by atoms with Crippen LogP contribution >= 0.6 is 0 Å². The van der Waals surface area contributed by atoms with Gasteiger partial charge in [-0.25, -0.2) is 4.85 Å². The Kier molecular flexibility index (Phi) is 4.77. The number of nitrogens with one attached hydrogen (secondary N) is 2. The number of nitrogens with zero attached hydrogens (tertiary/aromatic N) is 1. The molecule has 0 bridgehead atoms. The van der Waals surface area contributed by atoms with Gasteiger partial charge in [0, 0.05) is 18.8 Å². The quantitative estimate of drug-likeness (QED) is 0.658. The molecule has 0 unspecified atom stereocenters. The number of aliphatic hydroxyl groups is 1. The molecule has 1 aromatic rings. The highest BCUT2D eigenvalue weighted by Crippen LogP contribution is 2.21. The predicted molar refractivity (Wildman–Crippen MR) is 65.9 cm³/mol. The maximum atomic E-state index is 9.51. The number of aliphatic hydroxyl groups excluding tert-OH is 1. The van der Waals surface area contributed by atoms with Crippen LogP contribution in [-0.4, -0.2) is 31.3 Å². The van der Waals surface area contributed by atoms with Crippen molar-refractivity contribution in [2.45, 2.75) is 13.0 Å². The fraction of sp³-hybridized carbons (Fsp3) is 0.417. The summed E-state index contributed by atoms with van der Waals surface area (Å²) in [7, 11) is 1.80. The van der Waals surface area contributed by atoms with Gasteiger partial charge >= 0.3 is 0 Å². The van der Waals surface area contributed by atoms with E-state index in [0.717, 1.165) is 11.3 Å². The van der Waals surface area contributed by atoms with E-state index < -0.39 is 6.10 Å². The zero-order chi connectivity index (χ0) is 12.0. The van der Waals surface area contributed by atoms with E-state index in [2.05, 4.69) is 15.5 Å². The van der Waals surface area contributed by atoms with E-state index in [4.69, 9.17) is 6.57 Å². The average molecular weight is 219 g/mol. The Morgan fingerprint density at radius 1 is 1.44 bits per heavy atom. The van der Waals surface area contributed by atoms with Crippen molar-refractivity contribution in [2.75, 3.05) is 25.5 Å². The lowest BCUT2D eigenvalue weighted by Crippen LogP contribution is -2.30. The normalized spacial score (nSPS) is 11.9. The Hall–Kier alpha value is -1.57. The Morgan fingerprint density at radius 2 is 2.19 bits per heavy atom. The second-order valence-corrected chi connectivity index (χ2v) is 3.71. The zero-order valence-corrected chi connectivity index (χ0v) is 9.62. The van der Waals surface area contributed by atoms with Gasteiger partial charge in [0.1, 0.15) is 0 Å². The molecule has 0 aliphatic rings. The minimum atomic E-state index is -0.411. The van der Waals surface area contributed by atoms with E-state index in [-0.39, 0.29) is 0 Å². The van der Waals surface area contributed by atoms with Crippen LogP contribution in [0.3, 0.4) is 0 Å². The Morgan fingerprint density at radius 3 is 2.75 bits per heavy atom. The first-order valence-electron chi connectivity index (χ1n) is 5.22. The standard InChI is InChI=1S/C12H17N3O/c1-9-6-10(4-5-12(9)14-3)15-8-11(16)7-13-2/h4-6,11,13,15-16H,7-8H2,1-2H3/t11-/m0/s1. The second kappa shape index (κ2) is 6.11. The third-order valence-electron chi connectivity index (χ3n) is 2.30. The van der Waals surface area contributed by atoms with Gasteiger partial charge in [-0.15, -0.1) is 0 Å². The number of aryl methyl sites for hydroxylation is 1. The molecule has 0 saturated heterocycles. The summed E-state index contributed by atoms with van der Waals surface area (Å²) in [5.74, 6) is 0. The number of anilines is 1. The number of hydrogen-bond donors (Lipinski definition) is 3. The molecule has 1 aromatic carbocycles.